The van der Waals surface area contributed by atoms with Crippen LogP contribution in [0.3, 0.4) is 0 Å². The van der Waals surface area contributed by atoms with E-state index in [2.05, 4.69) is 101 Å². The second kappa shape index (κ2) is 13.0. The molecule has 5 nitrogen and oxygen atoms in total. The van der Waals surface area contributed by atoms with Gasteiger partial charge in [-0.15, -0.1) is 11.3 Å². The first-order valence-corrected chi connectivity index (χ1v) is 17.3. The van der Waals surface area contributed by atoms with E-state index in [4.69, 9.17) is 9.40 Å². The van der Waals surface area contributed by atoms with E-state index in [1.807, 2.05) is 11.3 Å². The van der Waals surface area contributed by atoms with Crippen molar-refractivity contribution in [2.45, 2.75) is 70.0 Å². The van der Waals surface area contributed by atoms with Crippen LogP contribution in [0, 0.1) is 11.8 Å². The monoisotopic (exact) mass is 594 g/mol. The summed E-state index contributed by atoms with van der Waals surface area (Å²) in [5.41, 5.74) is 5.38. The van der Waals surface area contributed by atoms with Crippen molar-refractivity contribution in [1.29, 1.82) is 0 Å². The first kappa shape index (κ1) is 28.8. The maximum Gasteiger partial charge on any atom is 0.219 e. The molecule has 1 saturated carbocycles. The molecule has 0 radical (unpaired) electrons. The number of nitrogens with zero attached hydrogens (tertiary/aromatic N) is 4. The summed E-state index contributed by atoms with van der Waals surface area (Å²) in [5.74, 6) is 3.21. The Morgan fingerprint density at radius 2 is 1.58 bits per heavy atom. The maximum atomic E-state index is 6.97. The Bertz CT molecular complexity index is 1450. The Balaban J connectivity index is 1.20. The van der Waals surface area contributed by atoms with E-state index in [9.17, 15) is 0 Å². The molecule has 2 aliphatic heterocycles. The van der Waals surface area contributed by atoms with E-state index in [1.54, 1.807) is 0 Å². The van der Waals surface area contributed by atoms with Crippen molar-refractivity contribution in [3.05, 3.63) is 105 Å². The third-order valence-corrected chi connectivity index (χ3v) is 11.2. The van der Waals surface area contributed by atoms with Gasteiger partial charge in [0, 0.05) is 43.5 Å². The highest BCUT2D eigenvalue weighted by Gasteiger charge is 2.40. The van der Waals surface area contributed by atoms with Crippen molar-refractivity contribution in [1.82, 2.24) is 14.8 Å². The van der Waals surface area contributed by atoms with Crippen molar-refractivity contribution in [3.8, 4) is 0 Å². The van der Waals surface area contributed by atoms with Gasteiger partial charge in [-0.2, -0.15) is 0 Å². The molecule has 2 aromatic carbocycles. The highest BCUT2D eigenvalue weighted by Crippen LogP contribution is 2.47. The van der Waals surface area contributed by atoms with E-state index in [1.165, 1.54) is 60.1 Å². The summed E-state index contributed by atoms with van der Waals surface area (Å²) in [5, 5.41) is 2.23. The minimum absolute atomic E-state index is 0.208. The van der Waals surface area contributed by atoms with Crippen molar-refractivity contribution < 1.29 is 4.42 Å². The highest BCUT2D eigenvalue weighted by molar-refractivity contribution is 7.10. The van der Waals surface area contributed by atoms with Gasteiger partial charge in [0.25, 0.3) is 0 Å². The molecule has 0 spiro atoms. The standard InChI is InChI=1S/C37H46N4OS/c1-39(2)34(33-15-10-24-43-33)29-16-18-30(19-17-29)35(41-23-20-28-13-6-7-14-31(28)26-41)36-38-32(25-27-11-4-3-5-12-27)37(42-36)40-21-8-9-22-40/h3-7,10-15,24,29-30,34-35H,8-9,16-23,25-26H2,1-2H3. The first-order chi connectivity index (χ1) is 21.1. The van der Waals surface area contributed by atoms with Crippen LogP contribution >= 0.6 is 11.3 Å². The Kier molecular flexibility index (Phi) is 8.69. The molecular formula is C37H46N4OS. The number of hydrogen-bond donors (Lipinski definition) is 0. The van der Waals surface area contributed by atoms with Crippen LogP contribution in [0.25, 0.3) is 0 Å². The molecule has 1 saturated heterocycles. The van der Waals surface area contributed by atoms with Crippen LogP contribution < -0.4 is 4.90 Å². The number of hydrogen-bond acceptors (Lipinski definition) is 6. The van der Waals surface area contributed by atoms with Gasteiger partial charge in [0.2, 0.25) is 11.8 Å². The van der Waals surface area contributed by atoms with E-state index in [0.717, 1.165) is 56.5 Å². The van der Waals surface area contributed by atoms with E-state index in [0.29, 0.717) is 17.9 Å². The van der Waals surface area contributed by atoms with Crippen molar-refractivity contribution in [2.75, 3.05) is 38.6 Å². The molecule has 7 rings (SSSR count). The summed E-state index contributed by atoms with van der Waals surface area (Å²) in [6.07, 6.45) is 9.33. The number of rotatable bonds is 9. The Morgan fingerprint density at radius 1 is 0.860 bits per heavy atom. The van der Waals surface area contributed by atoms with Crippen molar-refractivity contribution >= 4 is 17.2 Å². The largest absolute Gasteiger partial charge is 0.423 e. The van der Waals surface area contributed by atoms with Gasteiger partial charge >= 0.3 is 0 Å². The number of fused-ring (bicyclic) bond motifs is 1. The fraction of sp³-hybridized carbons (Fsp3) is 0.486. The number of benzene rings is 2. The van der Waals surface area contributed by atoms with Gasteiger partial charge in [-0.05, 0) is 99.0 Å². The number of oxazole rings is 1. The lowest BCUT2D eigenvalue weighted by Crippen LogP contribution is -2.40. The van der Waals surface area contributed by atoms with E-state index in [-0.39, 0.29) is 6.04 Å². The molecule has 2 atom stereocenters. The molecule has 2 aromatic heterocycles. The highest BCUT2D eigenvalue weighted by atomic mass is 32.1. The molecule has 1 aliphatic carbocycles. The Labute approximate surface area is 261 Å². The maximum absolute atomic E-state index is 6.97. The zero-order valence-corrected chi connectivity index (χ0v) is 26.6. The fourth-order valence-electron chi connectivity index (χ4n) is 8.12. The molecule has 2 unspecified atom stereocenters. The van der Waals surface area contributed by atoms with Crippen molar-refractivity contribution in [3.63, 3.8) is 0 Å². The van der Waals surface area contributed by atoms with Gasteiger partial charge in [0.1, 0.15) is 5.69 Å². The topological polar surface area (TPSA) is 35.8 Å². The van der Waals surface area contributed by atoms with Gasteiger partial charge in [0.15, 0.2) is 0 Å². The third-order valence-electron chi connectivity index (χ3n) is 10.2. The summed E-state index contributed by atoms with van der Waals surface area (Å²) in [4.78, 5) is 14.5. The number of anilines is 1. The minimum Gasteiger partial charge on any atom is -0.423 e. The van der Waals surface area contributed by atoms with Crippen LogP contribution in [-0.2, 0) is 19.4 Å². The predicted octanol–water partition coefficient (Wildman–Crippen LogP) is 8.14. The Morgan fingerprint density at radius 3 is 2.30 bits per heavy atom. The van der Waals surface area contributed by atoms with E-state index >= 15 is 0 Å². The Hall–Kier alpha value is -2.93. The second-order valence-corrected chi connectivity index (χ2v) is 14.2. The van der Waals surface area contributed by atoms with Gasteiger partial charge < -0.3 is 14.2 Å². The molecule has 0 amide bonds. The van der Waals surface area contributed by atoms with Crippen LogP contribution in [0.5, 0.6) is 0 Å². The number of thiophene rings is 1. The number of aromatic nitrogens is 1. The smallest absolute Gasteiger partial charge is 0.219 e. The summed E-state index contributed by atoms with van der Waals surface area (Å²) in [6, 6.07) is 25.1. The van der Waals surface area contributed by atoms with E-state index < -0.39 is 0 Å². The summed E-state index contributed by atoms with van der Waals surface area (Å²) < 4.78 is 6.97. The first-order valence-electron chi connectivity index (χ1n) is 16.4. The lowest BCUT2D eigenvalue weighted by atomic mass is 9.74. The van der Waals surface area contributed by atoms with Gasteiger partial charge in [-0.25, -0.2) is 4.98 Å². The van der Waals surface area contributed by atoms with Crippen LogP contribution in [0.15, 0.2) is 76.5 Å². The molecule has 0 bridgehead atoms. The average Bonchev–Trinajstić information content (AvgIpc) is 3.82. The summed E-state index contributed by atoms with van der Waals surface area (Å²) in [7, 11) is 4.51. The summed E-state index contributed by atoms with van der Waals surface area (Å²) >= 11 is 1.91. The van der Waals surface area contributed by atoms with Gasteiger partial charge in [0.05, 0.1) is 6.04 Å². The lowest BCUT2D eigenvalue weighted by molar-refractivity contribution is 0.0600. The molecular weight excluding hydrogens is 549 g/mol. The normalized spacial score (nSPS) is 22.5. The zero-order chi connectivity index (χ0) is 29.2. The van der Waals surface area contributed by atoms with Crippen LogP contribution in [0.1, 0.15) is 83.8 Å². The fourth-order valence-corrected chi connectivity index (χ4v) is 9.13. The molecule has 6 heteroatoms. The molecule has 0 N–H and O–H groups in total. The van der Waals surface area contributed by atoms with Gasteiger partial charge in [-0.1, -0.05) is 60.7 Å². The van der Waals surface area contributed by atoms with Gasteiger partial charge in [-0.3, -0.25) is 4.90 Å². The third kappa shape index (κ3) is 6.20. The molecule has 4 heterocycles. The molecule has 4 aromatic rings. The molecule has 43 heavy (non-hydrogen) atoms. The van der Waals surface area contributed by atoms with Crippen molar-refractivity contribution in [2.24, 2.45) is 11.8 Å². The van der Waals surface area contributed by atoms with Crippen LogP contribution in [0.4, 0.5) is 5.88 Å². The molecule has 2 fully saturated rings. The zero-order valence-electron chi connectivity index (χ0n) is 25.8. The average molecular weight is 595 g/mol. The quantitative estimate of drug-likeness (QED) is 0.196. The van der Waals surface area contributed by atoms with Crippen LogP contribution in [-0.4, -0.2) is 48.5 Å². The molecule has 3 aliphatic rings. The van der Waals surface area contributed by atoms with Crippen LogP contribution in [0.2, 0.25) is 0 Å². The second-order valence-electron chi connectivity index (χ2n) is 13.2. The lowest BCUT2D eigenvalue weighted by Gasteiger charge is -2.42. The SMILES string of the molecule is CN(C)C(c1cccs1)C1CCC(C(c2nc(Cc3ccccc3)c(N3CCCC3)o2)N2CCc3ccccc3C2)CC1. The minimum atomic E-state index is 0.208. The predicted molar refractivity (Wildman–Crippen MR) is 177 cm³/mol. The molecule has 226 valence electrons. The summed E-state index contributed by atoms with van der Waals surface area (Å²) in [6.45, 7) is 4.17.